The number of H-pyrrole nitrogens is 1. The van der Waals surface area contributed by atoms with Crippen LogP contribution in [0.3, 0.4) is 0 Å². The van der Waals surface area contributed by atoms with Gasteiger partial charge in [-0.05, 0) is 28.1 Å². The minimum absolute atomic E-state index is 0.0847. The summed E-state index contributed by atoms with van der Waals surface area (Å²) in [6, 6.07) is 3.60. The number of nitrogens with one attached hydrogen (secondary N) is 1. The smallest absolute Gasteiger partial charge is 0.309 e. The van der Waals surface area contributed by atoms with E-state index in [9.17, 15) is 4.79 Å². The van der Waals surface area contributed by atoms with E-state index in [0.29, 0.717) is 16.1 Å². The van der Waals surface area contributed by atoms with Crippen molar-refractivity contribution in [2.75, 3.05) is 0 Å². The Kier molecular flexibility index (Phi) is 3.00. The quantitative estimate of drug-likeness (QED) is 0.900. The van der Waals surface area contributed by atoms with Crippen LogP contribution in [0, 0.1) is 0 Å². The first-order valence-corrected chi connectivity index (χ1v) is 5.32. The normalized spacial score (nSPS) is 10.3. The molecular formula is C10H8BrN3O2. The van der Waals surface area contributed by atoms with E-state index in [0.717, 1.165) is 5.56 Å². The van der Waals surface area contributed by atoms with Crippen molar-refractivity contribution < 1.29 is 9.90 Å². The van der Waals surface area contributed by atoms with Crippen LogP contribution in [0.4, 0.5) is 0 Å². The number of hydrogen-bond acceptors (Lipinski definition) is 3. The first kappa shape index (κ1) is 10.8. The van der Waals surface area contributed by atoms with E-state index in [2.05, 4.69) is 30.9 Å². The third-order valence-corrected chi connectivity index (χ3v) is 2.67. The molecule has 5 nitrogen and oxygen atoms in total. The predicted octanol–water partition coefficient (Wildman–Crippen LogP) is 1.86. The molecule has 2 rings (SSSR count). The van der Waals surface area contributed by atoms with Gasteiger partial charge in [0.2, 0.25) is 0 Å². The molecule has 0 bridgehead atoms. The van der Waals surface area contributed by atoms with Crippen molar-refractivity contribution in [1.29, 1.82) is 0 Å². The van der Waals surface area contributed by atoms with Crippen molar-refractivity contribution in [2.45, 2.75) is 6.42 Å². The first-order chi connectivity index (χ1) is 7.66. The largest absolute Gasteiger partial charge is 0.481 e. The van der Waals surface area contributed by atoms with Gasteiger partial charge in [-0.1, -0.05) is 0 Å². The lowest BCUT2D eigenvalue weighted by Gasteiger charge is -1.94. The zero-order valence-electron chi connectivity index (χ0n) is 8.14. The number of aromatic nitrogens is 3. The Balaban J connectivity index is 2.34. The van der Waals surface area contributed by atoms with E-state index in [1.165, 1.54) is 0 Å². The van der Waals surface area contributed by atoms with Crippen molar-refractivity contribution in [3.63, 3.8) is 0 Å². The van der Waals surface area contributed by atoms with Crippen LogP contribution < -0.4 is 0 Å². The number of nitrogens with zero attached hydrogens (tertiary/aromatic N) is 2. The summed E-state index contributed by atoms with van der Waals surface area (Å²) in [6.45, 7) is 0. The van der Waals surface area contributed by atoms with Crippen LogP contribution in [0.1, 0.15) is 5.69 Å². The van der Waals surface area contributed by atoms with Gasteiger partial charge < -0.3 is 10.1 Å². The molecule has 0 amide bonds. The number of rotatable bonds is 3. The molecule has 6 heteroatoms. The van der Waals surface area contributed by atoms with E-state index in [1.807, 2.05) is 0 Å². The number of carboxylic acids is 1. The number of aliphatic carboxylic acids is 1. The highest BCUT2D eigenvalue weighted by Crippen LogP contribution is 2.21. The van der Waals surface area contributed by atoms with E-state index in [-0.39, 0.29) is 6.42 Å². The minimum atomic E-state index is -0.898. The Hall–Kier alpha value is -1.69. The molecule has 0 aliphatic carbocycles. The summed E-state index contributed by atoms with van der Waals surface area (Å²) in [5, 5.41) is 8.69. The average Bonchev–Trinajstić information content (AvgIpc) is 2.61. The number of aromatic amines is 1. The third kappa shape index (κ3) is 2.27. The number of pyridine rings is 1. The van der Waals surface area contributed by atoms with Gasteiger partial charge in [0.05, 0.1) is 12.1 Å². The molecule has 0 radical (unpaired) electrons. The van der Waals surface area contributed by atoms with Gasteiger partial charge in [-0.2, -0.15) is 0 Å². The zero-order valence-corrected chi connectivity index (χ0v) is 9.73. The molecule has 0 aromatic carbocycles. The van der Waals surface area contributed by atoms with Crippen LogP contribution in [0.2, 0.25) is 0 Å². The van der Waals surface area contributed by atoms with E-state index < -0.39 is 5.97 Å². The third-order valence-electron chi connectivity index (χ3n) is 2.01. The molecule has 2 aromatic rings. The fourth-order valence-electron chi connectivity index (χ4n) is 1.30. The van der Waals surface area contributed by atoms with Gasteiger partial charge in [0.1, 0.15) is 10.4 Å². The fraction of sp³-hybridized carbons (Fsp3) is 0.100. The predicted molar refractivity (Wildman–Crippen MR) is 60.9 cm³/mol. The molecule has 82 valence electrons. The summed E-state index contributed by atoms with van der Waals surface area (Å²) in [6.07, 6.45) is 3.23. The molecule has 0 atom stereocenters. The number of hydrogen-bond donors (Lipinski definition) is 2. The fourth-order valence-corrected chi connectivity index (χ4v) is 1.72. The van der Waals surface area contributed by atoms with Gasteiger partial charge in [-0.15, -0.1) is 0 Å². The summed E-state index contributed by atoms with van der Waals surface area (Å²) < 4.78 is 0.529. The SMILES string of the molecule is O=C(O)Cc1[nH]c(-c2ccncc2)nc1Br. The highest BCUT2D eigenvalue weighted by Gasteiger charge is 2.11. The van der Waals surface area contributed by atoms with E-state index in [1.54, 1.807) is 24.5 Å². The van der Waals surface area contributed by atoms with Gasteiger partial charge in [-0.25, -0.2) is 4.98 Å². The Morgan fingerprint density at radius 1 is 1.44 bits per heavy atom. The molecule has 0 spiro atoms. The molecular weight excluding hydrogens is 274 g/mol. The lowest BCUT2D eigenvalue weighted by atomic mass is 10.2. The van der Waals surface area contributed by atoms with Gasteiger partial charge in [0, 0.05) is 18.0 Å². The van der Waals surface area contributed by atoms with Crippen LogP contribution in [0.15, 0.2) is 29.1 Å². The molecule has 0 aliphatic rings. The lowest BCUT2D eigenvalue weighted by Crippen LogP contribution is -2.00. The second-order valence-electron chi connectivity index (χ2n) is 3.16. The molecule has 0 unspecified atom stereocenters. The van der Waals surface area contributed by atoms with E-state index in [4.69, 9.17) is 5.11 Å². The van der Waals surface area contributed by atoms with Crippen LogP contribution in [-0.2, 0) is 11.2 Å². The maximum absolute atomic E-state index is 10.6. The summed E-state index contributed by atoms with van der Waals surface area (Å²) in [5.74, 6) is -0.267. The molecule has 0 saturated carbocycles. The van der Waals surface area contributed by atoms with Crippen LogP contribution in [0.25, 0.3) is 11.4 Å². The number of carbonyl (C=O) groups is 1. The Morgan fingerprint density at radius 2 is 2.12 bits per heavy atom. The second-order valence-corrected chi connectivity index (χ2v) is 3.91. The van der Waals surface area contributed by atoms with Crippen molar-refractivity contribution in [3.05, 3.63) is 34.8 Å². The van der Waals surface area contributed by atoms with Gasteiger partial charge in [0.25, 0.3) is 0 Å². The summed E-state index contributed by atoms with van der Waals surface area (Å²) in [4.78, 5) is 21.7. The van der Waals surface area contributed by atoms with Crippen LogP contribution in [-0.4, -0.2) is 26.0 Å². The topological polar surface area (TPSA) is 78.9 Å². The second kappa shape index (κ2) is 4.44. The number of imidazole rings is 1. The molecule has 2 heterocycles. The summed E-state index contributed by atoms with van der Waals surface area (Å²) >= 11 is 3.22. The maximum Gasteiger partial charge on any atom is 0.309 e. The van der Waals surface area contributed by atoms with Crippen molar-refractivity contribution in [3.8, 4) is 11.4 Å². The lowest BCUT2D eigenvalue weighted by molar-refractivity contribution is -0.136. The Labute approximate surface area is 99.7 Å². The minimum Gasteiger partial charge on any atom is -0.481 e. The number of carboxylic acid groups (broad SMARTS) is 1. The number of halogens is 1. The summed E-state index contributed by atoms with van der Waals surface area (Å²) in [5.41, 5.74) is 1.42. The standard InChI is InChI=1S/C10H8BrN3O2/c11-9-7(5-8(15)16)13-10(14-9)6-1-3-12-4-2-6/h1-4H,5H2,(H,13,14)(H,15,16). The Morgan fingerprint density at radius 3 is 2.75 bits per heavy atom. The highest BCUT2D eigenvalue weighted by atomic mass is 79.9. The van der Waals surface area contributed by atoms with Crippen LogP contribution >= 0.6 is 15.9 Å². The van der Waals surface area contributed by atoms with Crippen molar-refractivity contribution in [2.24, 2.45) is 0 Å². The molecule has 0 saturated heterocycles. The monoisotopic (exact) mass is 281 g/mol. The first-order valence-electron chi connectivity index (χ1n) is 4.53. The molecule has 2 N–H and O–H groups in total. The van der Waals surface area contributed by atoms with Gasteiger partial charge in [-0.3, -0.25) is 9.78 Å². The summed E-state index contributed by atoms with van der Waals surface area (Å²) in [7, 11) is 0. The molecule has 16 heavy (non-hydrogen) atoms. The van der Waals surface area contributed by atoms with Crippen molar-refractivity contribution >= 4 is 21.9 Å². The van der Waals surface area contributed by atoms with Gasteiger partial charge >= 0.3 is 5.97 Å². The van der Waals surface area contributed by atoms with Gasteiger partial charge in [0.15, 0.2) is 0 Å². The zero-order chi connectivity index (χ0) is 11.5. The van der Waals surface area contributed by atoms with E-state index >= 15 is 0 Å². The average molecular weight is 282 g/mol. The molecule has 0 aliphatic heterocycles. The molecule has 2 aromatic heterocycles. The highest BCUT2D eigenvalue weighted by molar-refractivity contribution is 9.10. The van der Waals surface area contributed by atoms with Crippen LogP contribution in [0.5, 0.6) is 0 Å². The van der Waals surface area contributed by atoms with Crippen molar-refractivity contribution in [1.82, 2.24) is 15.0 Å². The molecule has 0 fully saturated rings. The maximum atomic E-state index is 10.6. The Bertz CT molecular complexity index is 510.